The Kier molecular flexibility index (Phi) is 3.40. The van der Waals surface area contributed by atoms with E-state index in [1.807, 2.05) is 20.0 Å². The van der Waals surface area contributed by atoms with Gasteiger partial charge in [-0.3, -0.25) is 9.48 Å². The summed E-state index contributed by atoms with van der Waals surface area (Å²) < 4.78 is 1.73. The van der Waals surface area contributed by atoms with Crippen LogP contribution in [0.3, 0.4) is 0 Å². The molecule has 1 amide bonds. The zero-order valence-corrected chi connectivity index (χ0v) is 11.8. The van der Waals surface area contributed by atoms with Gasteiger partial charge in [-0.15, -0.1) is 0 Å². The van der Waals surface area contributed by atoms with Gasteiger partial charge in [0.05, 0.1) is 11.3 Å². The second-order valence-corrected chi connectivity index (χ2v) is 5.32. The van der Waals surface area contributed by atoms with Gasteiger partial charge >= 0.3 is 0 Å². The van der Waals surface area contributed by atoms with Gasteiger partial charge in [-0.1, -0.05) is 0 Å². The third-order valence-corrected chi connectivity index (χ3v) is 3.76. The van der Waals surface area contributed by atoms with E-state index in [1.165, 1.54) is 0 Å². The van der Waals surface area contributed by atoms with Crippen molar-refractivity contribution >= 4 is 16.9 Å². The van der Waals surface area contributed by atoms with Gasteiger partial charge in [0, 0.05) is 31.2 Å². The fourth-order valence-electron chi connectivity index (χ4n) is 2.68. The first-order chi connectivity index (χ1) is 9.65. The van der Waals surface area contributed by atoms with Crippen LogP contribution in [0.25, 0.3) is 11.0 Å². The SMILES string of the molecule is Cc1nn(C)c2ncc(C(=O)NC3CCCNC3)cc12. The second kappa shape index (κ2) is 5.20. The number of nitrogens with zero attached hydrogens (tertiary/aromatic N) is 3. The summed E-state index contributed by atoms with van der Waals surface area (Å²) in [6, 6.07) is 2.08. The number of rotatable bonds is 2. The van der Waals surface area contributed by atoms with Crippen molar-refractivity contribution in [1.82, 2.24) is 25.4 Å². The molecule has 1 atom stereocenters. The lowest BCUT2D eigenvalue weighted by molar-refractivity contribution is 0.0930. The van der Waals surface area contributed by atoms with Crippen LogP contribution < -0.4 is 10.6 Å². The van der Waals surface area contributed by atoms with Gasteiger partial charge in [0.15, 0.2) is 5.65 Å². The van der Waals surface area contributed by atoms with E-state index in [0.717, 1.165) is 42.7 Å². The van der Waals surface area contributed by atoms with Crippen LogP contribution in [0.2, 0.25) is 0 Å². The molecular formula is C14H19N5O. The Hall–Kier alpha value is -1.95. The number of nitrogens with one attached hydrogen (secondary N) is 2. The molecule has 20 heavy (non-hydrogen) atoms. The summed E-state index contributed by atoms with van der Waals surface area (Å²) in [7, 11) is 1.86. The number of hydrogen-bond donors (Lipinski definition) is 2. The zero-order valence-electron chi connectivity index (χ0n) is 11.8. The molecule has 106 valence electrons. The summed E-state index contributed by atoms with van der Waals surface area (Å²) in [6.07, 6.45) is 3.75. The van der Waals surface area contributed by atoms with Crippen LogP contribution in [0.15, 0.2) is 12.3 Å². The lowest BCUT2D eigenvalue weighted by Gasteiger charge is -2.23. The van der Waals surface area contributed by atoms with Crippen molar-refractivity contribution in [2.24, 2.45) is 7.05 Å². The van der Waals surface area contributed by atoms with E-state index in [0.29, 0.717) is 5.56 Å². The average molecular weight is 273 g/mol. The molecule has 6 nitrogen and oxygen atoms in total. The Morgan fingerprint density at radius 2 is 2.40 bits per heavy atom. The van der Waals surface area contributed by atoms with Gasteiger partial charge in [0.2, 0.25) is 0 Å². The Morgan fingerprint density at radius 1 is 1.55 bits per heavy atom. The number of carbonyl (C=O) groups is 1. The highest BCUT2D eigenvalue weighted by Crippen LogP contribution is 2.16. The summed E-state index contributed by atoms with van der Waals surface area (Å²) in [5.41, 5.74) is 2.29. The number of carbonyl (C=O) groups excluding carboxylic acids is 1. The van der Waals surface area contributed by atoms with Crippen LogP contribution in [-0.2, 0) is 7.05 Å². The largest absolute Gasteiger partial charge is 0.348 e. The van der Waals surface area contributed by atoms with E-state index in [4.69, 9.17) is 0 Å². The van der Waals surface area contributed by atoms with Crippen LogP contribution in [0.4, 0.5) is 0 Å². The molecule has 0 bridgehead atoms. The van der Waals surface area contributed by atoms with Crippen LogP contribution in [0, 0.1) is 6.92 Å². The highest BCUT2D eigenvalue weighted by Gasteiger charge is 2.17. The summed E-state index contributed by atoms with van der Waals surface area (Å²) >= 11 is 0. The first-order valence-electron chi connectivity index (χ1n) is 6.96. The maximum atomic E-state index is 12.3. The van der Waals surface area contributed by atoms with Crippen LogP contribution in [0.1, 0.15) is 28.9 Å². The number of piperidine rings is 1. The second-order valence-electron chi connectivity index (χ2n) is 5.32. The van der Waals surface area contributed by atoms with E-state index >= 15 is 0 Å². The molecule has 0 aliphatic carbocycles. The lowest BCUT2D eigenvalue weighted by Crippen LogP contribution is -2.45. The maximum absolute atomic E-state index is 12.3. The molecule has 3 heterocycles. The fourth-order valence-corrected chi connectivity index (χ4v) is 2.68. The molecule has 1 saturated heterocycles. The summed E-state index contributed by atoms with van der Waals surface area (Å²) in [6.45, 7) is 3.80. The van der Waals surface area contributed by atoms with Crippen LogP contribution in [0.5, 0.6) is 0 Å². The van der Waals surface area contributed by atoms with Crippen molar-refractivity contribution in [3.8, 4) is 0 Å². The van der Waals surface area contributed by atoms with Crippen molar-refractivity contribution in [1.29, 1.82) is 0 Å². The highest BCUT2D eigenvalue weighted by atomic mass is 16.1. The number of hydrogen-bond acceptors (Lipinski definition) is 4. The minimum Gasteiger partial charge on any atom is -0.348 e. The molecule has 0 radical (unpaired) electrons. The molecule has 0 spiro atoms. The van der Waals surface area contributed by atoms with Crippen molar-refractivity contribution in [3.63, 3.8) is 0 Å². The molecular weight excluding hydrogens is 254 g/mol. The molecule has 2 aromatic heterocycles. The van der Waals surface area contributed by atoms with E-state index in [-0.39, 0.29) is 11.9 Å². The molecule has 2 aromatic rings. The number of pyridine rings is 1. The maximum Gasteiger partial charge on any atom is 0.253 e. The summed E-state index contributed by atoms with van der Waals surface area (Å²) in [5, 5.41) is 11.6. The zero-order chi connectivity index (χ0) is 14.1. The monoisotopic (exact) mass is 273 g/mol. The molecule has 0 aromatic carbocycles. The number of amides is 1. The molecule has 0 saturated carbocycles. The standard InChI is InChI=1S/C14H19N5O/c1-9-12-6-10(7-16-13(12)19(2)18-9)14(20)17-11-4-3-5-15-8-11/h6-7,11,15H,3-5,8H2,1-2H3,(H,17,20). The van der Waals surface area contributed by atoms with Gasteiger partial charge in [0.25, 0.3) is 5.91 Å². The molecule has 1 aliphatic heterocycles. The third kappa shape index (κ3) is 2.38. The van der Waals surface area contributed by atoms with Gasteiger partial charge in [-0.05, 0) is 32.4 Å². The van der Waals surface area contributed by atoms with Gasteiger partial charge in [-0.2, -0.15) is 5.10 Å². The van der Waals surface area contributed by atoms with Crippen molar-refractivity contribution < 1.29 is 4.79 Å². The summed E-state index contributed by atoms with van der Waals surface area (Å²) in [4.78, 5) is 16.6. The van der Waals surface area contributed by atoms with E-state index in [9.17, 15) is 4.79 Å². The molecule has 1 unspecified atom stereocenters. The highest BCUT2D eigenvalue weighted by molar-refractivity contribution is 5.97. The Morgan fingerprint density at radius 3 is 3.15 bits per heavy atom. The van der Waals surface area contributed by atoms with Crippen molar-refractivity contribution in [2.75, 3.05) is 13.1 Å². The predicted octanol–water partition coefficient (Wildman–Crippen LogP) is 0.759. The van der Waals surface area contributed by atoms with Gasteiger partial charge in [-0.25, -0.2) is 4.98 Å². The predicted molar refractivity (Wildman–Crippen MR) is 76.6 cm³/mol. The summed E-state index contributed by atoms with van der Waals surface area (Å²) in [5.74, 6) is -0.0589. The normalized spacial score (nSPS) is 19.2. The van der Waals surface area contributed by atoms with Gasteiger partial charge in [0.1, 0.15) is 0 Å². The number of aromatic nitrogens is 3. The quantitative estimate of drug-likeness (QED) is 0.847. The van der Waals surface area contributed by atoms with Crippen molar-refractivity contribution in [3.05, 3.63) is 23.5 Å². The molecule has 2 N–H and O–H groups in total. The third-order valence-electron chi connectivity index (χ3n) is 3.76. The first kappa shape index (κ1) is 13.1. The Bertz CT molecular complexity index is 642. The first-order valence-corrected chi connectivity index (χ1v) is 6.96. The smallest absolute Gasteiger partial charge is 0.253 e. The Labute approximate surface area is 117 Å². The van der Waals surface area contributed by atoms with Gasteiger partial charge < -0.3 is 10.6 Å². The number of aryl methyl sites for hydroxylation is 2. The van der Waals surface area contributed by atoms with Crippen molar-refractivity contribution in [2.45, 2.75) is 25.8 Å². The minimum atomic E-state index is -0.0589. The van der Waals surface area contributed by atoms with E-state index in [1.54, 1.807) is 10.9 Å². The fraction of sp³-hybridized carbons (Fsp3) is 0.500. The van der Waals surface area contributed by atoms with E-state index < -0.39 is 0 Å². The van der Waals surface area contributed by atoms with E-state index in [2.05, 4.69) is 20.7 Å². The van der Waals surface area contributed by atoms with Crippen LogP contribution >= 0.6 is 0 Å². The number of fused-ring (bicyclic) bond motifs is 1. The topological polar surface area (TPSA) is 71.8 Å². The molecule has 1 aliphatic rings. The van der Waals surface area contributed by atoms with Crippen LogP contribution in [-0.4, -0.2) is 39.8 Å². The average Bonchev–Trinajstić information content (AvgIpc) is 2.75. The molecule has 3 rings (SSSR count). The molecule has 1 fully saturated rings. The lowest BCUT2D eigenvalue weighted by atomic mass is 10.1. The molecule has 6 heteroatoms. The Balaban J connectivity index is 1.82. The minimum absolute atomic E-state index is 0.0589.